The van der Waals surface area contributed by atoms with Crippen molar-refractivity contribution in [3.05, 3.63) is 35.9 Å². The standard InChI is InChI=1S/C26H37NO4/c1-5-27(16-25(4,29)18-11-7-6-8-12-18)15-19-21-20(30-23(19)28)14-24(3)13-9-10-17(2)26(24)22(21)31-26/h6-8,11-12,17,19-22,29H,5,9-10,13-16H2,1-4H3. The molecule has 1 aromatic rings. The van der Waals surface area contributed by atoms with Crippen LogP contribution in [0.5, 0.6) is 0 Å². The summed E-state index contributed by atoms with van der Waals surface area (Å²) in [6.07, 6.45) is 4.65. The molecule has 0 radical (unpaired) electrons. The number of hydrogen-bond donors (Lipinski definition) is 1. The number of likely N-dealkylation sites (N-methyl/N-ethyl adjacent to an activating group) is 1. The van der Waals surface area contributed by atoms with Gasteiger partial charge in [0.05, 0.1) is 17.6 Å². The number of ether oxygens (including phenoxy) is 2. The van der Waals surface area contributed by atoms with Gasteiger partial charge in [0, 0.05) is 24.4 Å². The lowest BCUT2D eigenvalue weighted by molar-refractivity contribution is -0.147. The number of nitrogens with zero attached hydrogens (tertiary/aromatic N) is 1. The van der Waals surface area contributed by atoms with Gasteiger partial charge in [0.1, 0.15) is 11.7 Å². The van der Waals surface area contributed by atoms with Gasteiger partial charge in [0.15, 0.2) is 0 Å². The van der Waals surface area contributed by atoms with Crippen LogP contribution in [0, 0.1) is 23.2 Å². The third-order valence-corrected chi connectivity index (χ3v) is 9.02. The van der Waals surface area contributed by atoms with E-state index in [0.717, 1.165) is 18.5 Å². The third-order valence-electron chi connectivity index (χ3n) is 9.02. The van der Waals surface area contributed by atoms with Crippen molar-refractivity contribution >= 4 is 5.97 Å². The largest absolute Gasteiger partial charge is 0.462 e. The Morgan fingerprint density at radius 3 is 2.74 bits per heavy atom. The van der Waals surface area contributed by atoms with Gasteiger partial charge in [-0.25, -0.2) is 0 Å². The van der Waals surface area contributed by atoms with Crippen LogP contribution in [-0.4, -0.2) is 53.4 Å². The zero-order valence-corrected chi connectivity index (χ0v) is 19.3. The number of epoxide rings is 1. The molecule has 2 saturated heterocycles. The number of benzene rings is 1. The van der Waals surface area contributed by atoms with Gasteiger partial charge in [0.25, 0.3) is 0 Å². The van der Waals surface area contributed by atoms with Crippen molar-refractivity contribution in [2.45, 2.75) is 76.8 Å². The highest BCUT2D eigenvalue weighted by Gasteiger charge is 2.78. The monoisotopic (exact) mass is 427 g/mol. The van der Waals surface area contributed by atoms with Crippen molar-refractivity contribution in [3.8, 4) is 0 Å². The van der Waals surface area contributed by atoms with Crippen molar-refractivity contribution in [2.75, 3.05) is 19.6 Å². The molecule has 5 heteroatoms. The van der Waals surface area contributed by atoms with Gasteiger partial charge < -0.3 is 14.6 Å². The predicted octanol–water partition coefficient (Wildman–Crippen LogP) is 3.74. The molecular weight excluding hydrogens is 390 g/mol. The molecule has 31 heavy (non-hydrogen) atoms. The average Bonchev–Trinajstić information content (AvgIpc) is 3.42. The van der Waals surface area contributed by atoms with Gasteiger partial charge in [-0.15, -0.1) is 0 Å². The molecule has 5 rings (SSSR count). The first-order chi connectivity index (χ1) is 14.7. The summed E-state index contributed by atoms with van der Waals surface area (Å²) in [5, 5.41) is 11.2. The minimum absolute atomic E-state index is 0.0261. The second kappa shape index (κ2) is 7.29. The summed E-state index contributed by atoms with van der Waals surface area (Å²) in [5.41, 5.74) is -0.0214. The van der Waals surface area contributed by atoms with Crippen molar-refractivity contribution < 1.29 is 19.4 Å². The van der Waals surface area contributed by atoms with Crippen LogP contribution in [-0.2, 0) is 19.9 Å². The molecule has 0 amide bonds. The van der Waals surface area contributed by atoms with Crippen LogP contribution in [0.25, 0.3) is 0 Å². The quantitative estimate of drug-likeness (QED) is 0.554. The average molecular weight is 428 g/mol. The summed E-state index contributed by atoms with van der Waals surface area (Å²) in [6, 6.07) is 9.78. The van der Waals surface area contributed by atoms with E-state index in [9.17, 15) is 9.90 Å². The maximum Gasteiger partial charge on any atom is 0.311 e. The Hall–Kier alpha value is -1.43. The Bertz CT molecular complexity index is 841. The first-order valence-corrected chi connectivity index (χ1v) is 12.1. The van der Waals surface area contributed by atoms with E-state index in [4.69, 9.17) is 9.47 Å². The maximum absolute atomic E-state index is 13.0. The van der Waals surface area contributed by atoms with Crippen LogP contribution >= 0.6 is 0 Å². The van der Waals surface area contributed by atoms with Gasteiger partial charge in [-0.2, -0.15) is 0 Å². The molecule has 1 spiro atoms. The maximum atomic E-state index is 13.0. The molecule has 170 valence electrons. The fourth-order valence-electron chi connectivity index (χ4n) is 7.35. The second-order valence-electron chi connectivity index (χ2n) is 11.0. The Morgan fingerprint density at radius 1 is 1.29 bits per heavy atom. The van der Waals surface area contributed by atoms with Gasteiger partial charge in [-0.1, -0.05) is 57.5 Å². The zero-order valence-electron chi connectivity index (χ0n) is 19.3. The van der Waals surface area contributed by atoms with Crippen molar-refractivity contribution in [1.82, 2.24) is 4.90 Å². The van der Waals surface area contributed by atoms with Gasteiger partial charge >= 0.3 is 5.97 Å². The number of aliphatic hydroxyl groups is 1. The third kappa shape index (κ3) is 3.19. The fourth-order valence-corrected chi connectivity index (χ4v) is 7.35. The van der Waals surface area contributed by atoms with Crippen molar-refractivity contribution in [3.63, 3.8) is 0 Å². The number of rotatable bonds is 6. The summed E-state index contributed by atoms with van der Waals surface area (Å²) in [7, 11) is 0. The molecule has 8 unspecified atom stereocenters. The lowest BCUT2D eigenvalue weighted by Crippen LogP contribution is -2.55. The van der Waals surface area contributed by atoms with Crippen LogP contribution < -0.4 is 0 Å². The molecule has 2 aliphatic carbocycles. The lowest BCUT2D eigenvalue weighted by atomic mass is 9.53. The molecule has 1 aromatic carbocycles. The number of carbonyl (C=O) groups is 1. The Morgan fingerprint density at radius 2 is 2.03 bits per heavy atom. The molecule has 8 atom stereocenters. The van der Waals surface area contributed by atoms with E-state index in [1.54, 1.807) is 0 Å². The van der Waals surface area contributed by atoms with Crippen LogP contribution in [0.15, 0.2) is 30.3 Å². The van der Waals surface area contributed by atoms with E-state index < -0.39 is 5.60 Å². The number of carbonyl (C=O) groups excluding carboxylic acids is 1. The SMILES string of the molecule is CCN(CC1C(=O)OC2CC3(C)CCCC(C)C34OC4C21)CC(C)(O)c1ccccc1. The topological polar surface area (TPSA) is 62.3 Å². The molecule has 2 saturated carbocycles. The molecule has 4 fully saturated rings. The Kier molecular flexibility index (Phi) is 5.04. The first kappa shape index (κ1) is 21.4. The molecule has 2 aliphatic heterocycles. The van der Waals surface area contributed by atoms with E-state index in [1.165, 1.54) is 19.3 Å². The Balaban J connectivity index is 1.35. The molecule has 4 aliphatic rings. The molecule has 0 aromatic heterocycles. The normalized spacial score (nSPS) is 42.9. The molecule has 5 nitrogen and oxygen atoms in total. The summed E-state index contributed by atoms with van der Waals surface area (Å²) in [6.45, 7) is 10.5. The summed E-state index contributed by atoms with van der Waals surface area (Å²) in [4.78, 5) is 15.2. The smallest absolute Gasteiger partial charge is 0.311 e. The zero-order chi connectivity index (χ0) is 22.0. The minimum Gasteiger partial charge on any atom is -0.462 e. The van der Waals surface area contributed by atoms with Gasteiger partial charge in [-0.05, 0) is 44.2 Å². The molecule has 1 N–H and O–H groups in total. The summed E-state index contributed by atoms with van der Waals surface area (Å²) in [5.74, 6) is 0.416. The molecule has 0 bridgehead atoms. The molecule has 2 heterocycles. The van der Waals surface area contributed by atoms with Crippen molar-refractivity contribution in [2.24, 2.45) is 23.2 Å². The number of hydrogen-bond acceptors (Lipinski definition) is 5. The van der Waals surface area contributed by atoms with Crippen LogP contribution in [0.1, 0.15) is 58.9 Å². The minimum atomic E-state index is -0.973. The van der Waals surface area contributed by atoms with Crippen LogP contribution in [0.2, 0.25) is 0 Å². The lowest BCUT2D eigenvalue weighted by Gasteiger charge is -2.49. The van der Waals surface area contributed by atoms with E-state index >= 15 is 0 Å². The van der Waals surface area contributed by atoms with Gasteiger partial charge in [-0.3, -0.25) is 9.69 Å². The highest BCUT2D eigenvalue weighted by atomic mass is 16.6. The van der Waals surface area contributed by atoms with Crippen LogP contribution in [0.4, 0.5) is 0 Å². The first-order valence-electron chi connectivity index (χ1n) is 12.1. The predicted molar refractivity (Wildman–Crippen MR) is 118 cm³/mol. The highest BCUT2D eigenvalue weighted by molar-refractivity contribution is 5.76. The van der Waals surface area contributed by atoms with Crippen molar-refractivity contribution in [1.29, 1.82) is 0 Å². The summed E-state index contributed by atoms with van der Waals surface area (Å²) >= 11 is 0. The molecular formula is C26H37NO4. The van der Waals surface area contributed by atoms with E-state index in [-0.39, 0.29) is 41.0 Å². The number of fused-ring (bicyclic) bond motifs is 2. The highest BCUT2D eigenvalue weighted by Crippen LogP contribution is 2.70. The Labute approximate surface area is 186 Å². The van der Waals surface area contributed by atoms with E-state index in [1.807, 2.05) is 37.3 Å². The van der Waals surface area contributed by atoms with Gasteiger partial charge in [0.2, 0.25) is 0 Å². The van der Waals surface area contributed by atoms with E-state index in [2.05, 4.69) is 25.7 Å². The van der Waals surface area contributed by atoms with Crippen LogP contribution in [0.3, 0.4) is 0 Å². The second-order valence-corrected chi connectivity index (χ2v) is 11.0. The summed E-state index contributed by atoms with van der Waals surface area (Å²) < 4.78 is 12.5. The fraction of sp³-hybridized carbons (Fsp3) is 0.731. The van der Waals surface area contributed by atoms with E-state index in [0.29, 0.717) is 19.0 Å². The number of esters is 1.